The molecule has 0 atom stereocenters. The van der Waals surface area contributed by atoms with E-state index in [9.17, 15) is 5.11 Å². The molecule has 0 bridgehead atoms. The molecule has 24 heavy (non-hydrogen) atoms. The van der Waals surface area contributed by atoms with Crippen LogP contribution in [0.15, 0.2) is 24.3 Å². The molecule has 128 valence electrons. The number of benzene rings is 1. The van der Waals surface area contributed by atoms with E-state index in [1.165, 1.54) is 10.4 Å². The number of likely N-dealkylation sites (tertiary alicyclic amines) is 1. The molecule has 2 aliphatic heterocycles. The second-order valence-corrected chi connectivity index (χ2v) is 8.61. The van der Waals surface area contributed by atoms with E-state index in [0.717, 1.165) is 48.9 Å². The Morgan fingerprint density at radius 1 is 1.25 bits per heavy atom. The zero-order valence-electron chi connectivity index (χ0n) is 13.2. The van der Waals surface area contributed by atoms with Gasteiger partial charge in [0.1, 0.15) is 11.4 Å². The number of para-hydroxylation sites is 1. The van der Waals surface area contributed by atoms with Crippen molar-refractivity contribution in [2.24, 2.45) is 0 Å². The summed E-state index contributed by atoms with van der Waals surface area (Å²) in [5, 5.41) is 10.5. The molecule has 1 spiro atoms. The SMILES string of the molecule is Oc1c(Cl)cccc1CN1CCC2(CC1)OCCc1cc(Cl)sc12. The lowest BCUT2D eigenvalue weighted by Gasteiger charge is -2.43. The number of halogens is 2. The fraction of sp³-hybridized carbons (Fsp3) is 0.444. The molecular weight excluding hydrogens is 365 g/mol. The molecule has 4 rings (SSSR count). The van der Waals surface area contributed by atoms with Crippen LogP contribution in [0.5, 0.6) is 5.75 Å². The third kappa shape index (κ3) is 2.95. The van der Waals surface area contributed by atoms with Crippen molar-refractivity contribution < 1.29 is 9.84 Å². The smallest absolute Gasteiger partial charge is 0.138 e. The van der Waals surface area contributed by atoms with Crippen LogP contribution < -0.4 is 0 Å². The van der Waals surface area contributed by atoms with Gasteiger partial charge in [-0.3, -0.25) is 4.90 Å². The summed E-state index contributed by atoms with van der Waals surface area (Å²) in [6.45, 7) is 3.34. The van der Waals surface area contributed by atoms with E-state index in [0.29, 0.717) is 11.6 Å². The van der Waals surface area contributed by atoms with Gasteiger partial charge in [0.25, 0.3) is 0 Å². The Balaban J connectivity index is 1.49. The molecule has 0 unspecified atom stereocenters. The second-order valence-electron chi connectivity index (χ2n) is 6.52. The standard InChI is InChI=1S/C18H19Cl2NO2S/c19-14-3-1-2-13(16(14)22)11-21-7-5-18(6-8-21)17-12(4-9-23-18)10-15(20)24-17/h1-3,10,22H,4-9,11H2. The van der Waals surface area contributed by atoms with E-state index in [-0.39, 0.29) is 11.4 Å². The van der Waals surface area contributed by atoms with Gasteiger partial charge in [-0.05, 0) is 37.0 Å². The van der Waals surface area contributed by atoms with Crippen LogP contribution in [0.1, 0.15) is 28.8 Å². The zero-order valence-corrected chi connectivity index (χ0v) is 15.6. The highest BCUT2D eigenvalue weighted by Crippen LogP contribution is 2.46. The van der Waals surface area contributed by atoms with E-state index < -0.39 is 0 Å². The fourth-order valence-corrected chi connectivity index (χ4v) is 5.46. The molecule has 3 heterocycles. The molecule has 1 N–H and O–H groups in total. The maximum absolute atomic E-state index is 10.1. The van der Waals surface area contributed by atoms with E-state index >= 15 is 0 Å². The molecule has 6 heteroatoms. The van der Waals surface area contributed by atoms with Crippen molar-refractivity contribution in [3.05, 3.63) is 49.6 Å². The predicted octanol–water partition coefficient (Wildman–Crippen LogP) is 4.82. The van der Waals surface area contributed by atoms with Crippen molar-refractivity contribution in [2.45, 2.75) is 31.4 Å². The summed E-state index contributed by atoms with van der Waals surface area (Å²) in [5.41, 5.74) is 2.07. The highest BCUT2D eigenvalue weighted by atomic mass is 35.5. The number of hydrogen-bond donors (Lipinski definition) is 1. The van der Waals surface area contributed by atoms with Crippen molar-refractivity contribution >= 4 is 34.5 Å². The van der Waals surface area contributed by atoms with Crippen LogP contribution in [0.25, 0.3) is 0 Å². The van der Waals surface area contributed by atoms with Crippen molar-refractivity contribution in [3.8, 4) is 5.75 Å². The third-order valence-electron chi connectivity index (χ3n) is 5.07. The lowest BCUT2D eigenvalue weighted by Crippen LogP contribution is -2.45. The first-order valence-electron chi connectivity index (χ1n) is 8.19. The van der Waals surface area contributed by atoms with Gasteiger partial charge in [-0.15, -0.1) is 11.3 Å². The Morgan fingerprint density at radius 2 is 2.04 bits per heavy atom. The number of aromatic hydroxyl groups is 1. The van der Waals surface area contributed by atoms with Gasteiger partial charge in [-0.25, -0.2) is 0 Å². The summed E-state index contributed by atoms with van der Waals surface area (Å²) in [6, 6.07) is 7.62. The molecule has 1 aromatic carbocycles. The lowest BCUT2D eigenvalue weighted by atomic mass is 9.85. The van der Waals surface area contributed by atoms with Gasteiger partial charge in [-0.2, -0.15) is 0 Å². The minimum absolute atomic E-state index is 0.168. The molecule has 2 aromatic rings. The van der Waals surface area contributed by atoms with Crippen LogP contribution in [0.4, 0.5) is 0 Å². The first kappa shape index (κ1) is 16.7. The van der Waals surface area contributed by atoms with Gasteiger partial charge in [0, 0.05) is 30.1 Å². The van der Waals surface area contributed by atoms with Gasteiger partial charge in [0.15, 0.2) is 0 Å². The first-order valence-corrected chi connectivity index (χ1v) is 9.76. The van der Waals surface area contributed by atoms with Gasteiger partial charge >= 0.3 is 0 Å². The number of rotatable bonds is 2. The molecule has 1 saturated heterocycles. The van der Waals surface area contributed by atoms with E-state index in [1.54, 1.807) is 17.4 Å². The summed E-state index contributed by atoms with van der Waals surface area (Å²) in [6.07, 6.45) is 2.87. The van der Waals surface area contributed by atoms with E-state index in [1.807, 2.05) is 12.1 Å². The van der Waals surface area contributed by atoms with Crippen molar-refractivity contribution in [1.29, 1.82) is 0 Å². The summed E-state index contributed by atoms with van der Waals surface area (Å²) < 4.78 is 7.10. The largest absolute Gasteiger partial charge is 0.506 e. The van der Waals surface area contributed by atoms with Crippen molar-refractivity contribution in [2.75, 3.05) is 19.7 Å². The summed E-state index contributed by atoms with van der Waals surface area (Å²) in [4.78, 5) is 3.67. The minimum atomic E-state index is -0.168. The van der Waals surface area contributed by atoms with E-state index in [4.69, 9.17) is 27.9 Å². The van der Waals surface area contributed by atoms with Crippen molar-refractivity contribution in [1.82, 2.24) is 4.90 Å². The number of hydrogen-bond acceptors (Lipinski definition) is 4. The molecule has 0 aliphatic carbocycles. The molecule has 0 saturated carbocycles. The van der Waals surface area contributed by atoms with Crippen LogP contribution in [0.2, 0.25) is 9.36 Å². The first-order chi connectivity index (χ1) is 11.6. The van der Waals surface area contributed by atoms with Crippen LogP contribution in [-0.2, 0) is 23.3 Å². The van der Waals surface area contributed by atoms with Gasteiger partial charge in [0.2, 0.25) is 0 Å². The molecule has 1 fully saturated rings. The van der Waals surface area contributed by atoms with Gasteiger partial charge in [0.05, 0.1) is 16.0 Å². The molecule has 2 aliphatic rings. The highest BCUT2D eigenvalue weighted by Gasteiger charge is 2.42. The Labute approximate surface area is 155 Å². The molecule has 0 radical (unpaired) electrons. The Hall–Kier alpha value is -0.780. The van der Waals surface area contributed by atoms with Gasteiger partial charge < -0.3 is 9.84 Å². The van der Waals surface area contributed by atoms with Gasteiger partial charge in [-0.1, -0.05) is 35.3 Å². The average Bonchev–Trinajstić information content (AvgIpc) is 2.96. The number of thiophene rings is 1. The maximum Gasteiger partial charge on any atom is 0.138 e. The summed E-state index contributed by atoms with van der Waals surface area (Å²) in [5.74, 6) is 0.195. The van der Waals surface area contributed by atoms with Crippen LogP contribution >= 0.6 is 34.5 Å². The second kappa shape index (κ2) is 6.50. The van der Waals surface area contributed by atoms with Crippen LogP contribution in [-0.4, -0.2) is 29.7 Å². The van der Waals surface area contributed by atoms with Crippen LogP contribution in [0, 0.1) is 0 Å². The summed E-state index contributed by atoms with van der Waals surface area (Å²) in [7, 11) is 0. The summed E-state index contributed by atoms with van der Waals surface area (Å²) >= 11 is 13.9. The lowest BCUT2D eigenvalue weighted by molar-refractivity contribution is -0.0961. The third-order valence-corrected chi connectivity index (χ3v) is 6.87. The Kier molecular flexibility index (Phi) is 4.52. The minimum Gasteiger partial charge on any atom is -0.506 e. The molecule has 3 nitrogen and oxygen atoms in total. The highest BCUT2D eigenvalue weighted by molar-refractivity contribution is 7.16. The molecule has 1 aromatic heterocycles. The monoisotopic (exact) mass is 383 g/mol. The maximum atomic E-state index is 10.1. The predicted molar refractivity (Wildman–Crippen MR) is 98.3 cm³/mol. The number of phenolic OH excluding ortho intramolecular Hbond substituents is 1. The quantitative estimate of drug-likeness (QED) is 0.806. The molecular formula is C18H19Cl2NO2S. The topological polar surface area (TPSA) is 32.7 Å². The normalized spacial score (nSPS) is 20.2. The fourth-order valence-electron chi connectivity index (χ4n) is 3.76. The van der Waals surface area contributed by atoms with Crippen molar-refractivity contribution in [3.63, 3.8) is 0 Å². The van der Waals surface area contributed by atoms with E-state index in [2.05, 4.69) is 11.0 Å². The Bertz CT molecular complexity index is 753. The average molecular weight is 384 g/mol. The number of phenols is 1. The molecule has 0 amide bonds. The Morgan fingerprint density at radius 3 is 2.83 bits per heavy atom. The number of nitrogens with zero attached hydrogens (tertiary/aromatic N) is 1. The number of ether oxygens (including phenoxy) is 1. The van der Waals surface area contributed by atoms with Crippen LogP contribution in [0.3, 0.4) is 0 Å². The number of fused-ring (bicyclic) bond motifs is 2. The number of piperidine rings is 1. The zero-order chi connectivity index (χ0) is 16.7.